The van der Waals surface area contributed by atoms with E-state index in [1.165, 1.54) is 83.1 Å². The molecule has 1 heterocycles. The first-order valence-corrected chi connectivity index (χ1v) is 17.2. The summed E-state index contributed by atoms with van der Waals surface area (Å²) >= 11 is 0. The lowest BCUT2D eigenvalue weighted by Crippen LogP contribution is -2.02. The molecule has 1 N–H and O–H groups in total. The average molecular weight is 637 g/mol. The fraction of sp³-hybridized carbons (Fsp3) is 0. The Labute approximate surface area is 291 Å². The predicted octanol–water partition coefficient (Wildman–Crippen LogP) is 13.2. The number of rotatable bonds is 6. The van der Waals surface area contributed by atoms with Gasteiger partial charge in [0.05, 0.1) is 11.0 Å². The van der Waals surface area contributed by atoms with E-state index in [2.05, 4.69) is 198 Å². The van der Waals surface area contributed by atoms with Crippen LogP contribution in [0, 0.1) is 0 Å². The van der Waals surface area contributed by atoms with Crippen LogP contribution >= 0.6 is 0 Å². The Kier molecular flexibility index (Phi) is 6.53. The first-order valence-electron chi connectivity index (χ1n) is 17.2. The number of hydrogen-bond acceptors (Lipinski definition) is 1. The highest BCUT2D eigenvalue weighted by Crippen LogP contribution is 2.53. The molecule has 0 saturated carbocycles. The Morgan fingerprint density at radius 3 is 1.74 bits per heavy atom. The van der Waals surface area contributed by atoms with Crippen molar-refractivity contribution in [2.75, 3.05) is 5.32 Å². The highest BCUT2D eigenvalue weighted by Gasteiger charge is 2.26. The summed E-state index contributed by atoms with van der Waals surface area (Å²) < 4.78 is 2.37. The normalized spacial score (nSPS) is 11.6. The van der Waals surface area contributed by atoms with Crippen molar-refractivity contribution in [3.05, 3.63) is 188 Å². The van der Waals surface area contributed by atoms with Crippen molar-refractivity contribution in [3.8, 4) is 61.3 Å². The Bertz CT molecular complexity index is 2700. The van der Waals surface area contributed by atoms with E-state index in [1.807, 2.05) is 0 Å². The molecule has 2 heteroatoms. The smallest absolute Gasteiger partial charge is 0.0541 e. The van der Waals surface area contributed by atoms with Gasteiger partial charge in [-0.3, -0.25) is 0 Å². The van der Waals surface area contributed by atoms with E-state index < -0.39 is 0 Å². The van der Waals surface area contributed by atoms with Gasteiger partial charge in [0.15, 0.2) is 0 Å². The maximum atomic E-state index is 3.80. The van der Waals surface area contributed by atoms with Crippen LogP contribution in [0.4, 0.5) is 11.4 Å². The third-order valence-corrected chi connectivity index (χ3v) is 10.2. The van der Waals surface area contributed by atoms with Crippen LogP contribution in [0.3, 0.4) is 0 Å². The minimum atomic E-state index is 1.06. The SMILES string of the molecule is c1ccc(-c2ccc(Nc3ccc(-c4ccc5c(c4)c4ccccc4n5-c4ccccc4)cc3-c3cccc4c3-c3ccccc3-4)cc2)cc1. The molecule has 234 valence electrons. The molecule has 2 nitrogen and oxygen atoms in total. The summed E-state index contributed by atoms with van der Waals surface area (Å²) in [5.74, 6) is 0. The van der Waals surface area contributed by atoms with Crippen molar-refractivity contribution in [1.29, 1.82) is 0 Å². The van der Waals surface area contributed by atoms with Crippen LogP contribution in [-0.2, 0) is 0 Å². The molecule has 0 atom stereocenters. The molecule has 0 bridgehead atoms. The molecular formula is C48H32N2. The average Bonchev–Trinajstić information content (AvgIpc) is 3.51. The van der Waals surface area contributed by atoms with Crippen molar-refractivity contribution in [2.24, 2.45) is 0 Å². The number of nitrogens with one attached hydrogen (secondary N) is 1. The van der Waals surface area contributed by atoms with Gasteiger partial charge < -0.3 is 9.88 Å². The molecule has 9 aromatic rings. The zero-order chi connectivity index (χ0) is 33.0. The molecular weight excluding hydrogens is 605 g/mol. The second-order valence-electron chi connectivity index (χ2n) is 13.0. The second kappa shape index (κ2) is 11.5. The minimum Gasteiger partial charge on any atom is -0.355 e. The molecule has 0 amide bonds. The third-order valence-electron chi connectivity index (χ3n) is 10.2. The van der Waals surface area contributed by atoms with Gasteiger partial charge in [-0.15, -0.1) is 0 Å². The molecule has 1 aliphatic rings. The Morgan fingerprint density at radius 2 is 0.920 bits per heavy atom. The van der Waals surface area contributed by atoms with Gasteiger partial charge in [0.1, 0.15) is 0 Å². The lowest BCUT2D eigenvalue weighted by atomic mass is 9.76. The van der Waals surface area contributed by atoms with Crippen molar-refractivity contribution < 1.29 is 0 Å². The first kappa shape index (κ1) is 28.4. The van der Waals surface area contributed by atoms with Crippen LogP contribution < -0.4 is 5.32 Å². The lowest BCUT2D eigenvalue weighted by molar-refractivity contribution is 1.18. The van der Waals surface area contributed by atoms with E-state index in [0.29, 0.717) is 0 Å². The third kappa shape index (κ3) is 4.57. The molecule has 0 fully saturated rings. The fourth-order valence-corrected chi connectivity index (χ4v) is 7.76. The van der Waals surface area contributed by atoms with E-state index in [-0.39, 0.29) is 0 Å². The van der Waals surface area contributed by atoms with Crippen molar-refractivity contribution >= 4 is 33.2 Å². The van der Waals surface area contributed by atoms with Crippen molar-refractivity contribution in [3.63, 3.8) is 0 Å². The summed E-state index contributed by atoms with van der Waals surface area (Å²) in [6.45, 7) is 0. The Morgan fingerprint density at radius 1 is 0.340 bits per heavy atom. The number of fused-ring (bicyclic) bond motifs is 7. The Balaban J connectivity index is 1.11. The number of para-hydroxylation sites is 2. The van der Waals surface area contributed by atoms with Crippen molar-refractivity contribution in [1.82, 2.24) is 4.57 Å². The quantitative estimate of drug-likeness (QED) is 0.192. The molecule has 0 unspecified atom stereocenters. The molecule has 1 aliphatic carbocycles. The number of aromatic nitrogens is 1. The van der Waals surface area contributed by atoms with Crippen molar-refractivity contribution in [2.45, 2.75) is 0 Å². The standard InChI is InChI=1S/C48H32N2/c1-3-12-32(13-4-1)33-22-26-36(27-23-33)49-45-28-24-34(30-43(45)42-20-11-19-41-38-16-7-8-18-40(38)48(41)42)35-25-29-47-44(31-35)39-17-9-10-21-46(39)50(47)37-14-5-2-6-15-37/h1-31,49H. The fourth-order valence-electron chi connectivity index (χ4n) is 7.76. The highest BCUT2D eigenvalue weighted by atomic mass is 15.0. The molecule has 1 aromatic heterocycles. The monoisotopic (exact) mass is 636 g/mol. The number of hydrogen-bond donors (Lipinski definition) is 1. The molecule has 50 heavy (non-hydrogen) atoms. The van der Waals surface area contributed by atoms with E-state index in [9.17, 15) is 0 Å². The van der Waals surface area contributed by atoms with Crippen LogP contribution in [0.1, 0.15) is 0 Å². The van der Waals surface area contributed by atoms with Crippen LogP contribution in [0.15, 0.2) is 188 Å². The summed E-state index contributed by atoms with van der Waals surface area (Å²) in [4.78, 5) is 0. The summed E-state index contributed by atoms with van der Waals surface area (Å²) in [5, 5.41) is 6.30. The molecule has 10 rings (SSSR count). The second-order valence-corrected chi connectivity index (χ2v) is 13.0. The van der Waals surface area contributed by atoms with Crippen LogP contribution in [0.5, 0.6) is 0 Å². The lowest BCUT2D eigenvalue weighted by Gasteiger charge is -2.28. The molecule has 0 spiro atoms. The zero-order valence-corrected chi connectivity index (χ0v) is 27.3. The van der Waals surface area contributed by atoms with E-state index in [1.54, 1.807) is 0 Å². The Hall–Kier alpha value is -6.64. The molecule has 0 aliphatic heterocycles. The summed E-state index contributed by atoms with van der Waals surface area (Å²) in [6, 6.07) is 67.9. The van der Waals surface area contributed by atoms with Crippen LogP contribution in [0.25, 0.3) is 83.1 Å². The molecule has 0 radical (unpaired) electrons. The van der Waals surface area contributed by atoms with Crippen LogP contribution in [0.2, 0.25) is 0 Å². The maximum Gasteiger partial charge on any atom is 0.0541 e. The maximum absolute atomic E-state index is 3.80. The van der Waals surface area contributed by atoms with Crippen LogP contribution in [-0.4, -0.2) is 4.57 Å². The van der Waals surface area contributed by atoms with Gasteiger partial charge in [0.25, 0.3) is 0 Å². The first-order chi connectivity index (χ1) is 24.8. The van der Waals surface area contributed by atoms with Gasteiger partial charge in [0, 0.05) is 33.4 Å². The van der Waals surface area contributed by atoms with E-state index in [0.717, 1.165) is 11.4 Å². The summed E-state index contributed by atoms with van der Waals surface area (Å²) in [6.07, 6.45) is 0. The van der Waals surface area contributed by atoms with E-state index in [4.69, 9.17) is 0 Å². The van der Waals surface area contributed by atoms with Gasteiger partial charge in [-0.25, -0.2) is 0 Å². The summed E-state index contributed by atoms with van der Waals surface area (Å²) in [5.41, 5.74) is 18.3. The number of anilines is 2. The van der Waals surface area contributed by atoms with Gasteiger partial charge >= 0.3 is 0 Å². The topological polar surface area (TPSA) is 17.0 Å². The van der Waals surface area contributed by atoms with Gasteiger partial charge in [-0.1, -0.05) is 133 Å². The molecule has 0 saturated heterocycles. The summed E-state index contributed by atoms with van der Waals surface area (Å²) in [7, 11) is 0. The number of nitrogens with zero attached hydrogens (tertiary/aromatic N) is 1. The van der Waals surface area contributed by atoms with Gasteiger partial charge in [0.2, 0.25) is 0 Å². The largest absolute Gasteiger partial charge is 0.355 e. The number of benzene rings is 8. The minimum absolute atomic E-state index is 1.06. The highest BCUT2D eigenvalue weighted by molar-refractivity contribution is 6.12. The molecule has 8 aromatic carbocycles. The predicted molar refractivity (Wildman–Crippen MR) is 211 cm³/mol. The van der Waals surface area contributed by atoms with E-state index >= 15 is 0 Å². The zero-order valence-electron chi connectivity index (χ0n) is 27.3. The van der Waals surface area contributed by atoms with Gasteiger partial charge in [-0.2, -0.15) is 0 Å². The van der Waals surface area contributed by atoms with Gasteiger partial charge in [-0.05, 0) is 105 Å².